The molecule has 0 radical (unpaired) electrons. The molecule has 1 aromatic rings. The Morgan fingerprint density at radius 2 is 2.19 bits per heavy atom. The smallest absolute Gasteiger partial charge is 0.143 e. The summed E-state index contributed by atoms with van der Waals surface area (Å²) in [6.45, 7) is 9.54. The van der Waals surface area contributed by atoms with Gasteiger partial charge in [0.25, 0.3) is 0 Å². The Morgan fingerprint density at radius 1 is 1.44 bits per heavy atom. The molecule has 0 bridgehead atoms. The van der Waals surface area contributed by atoms with Crippen molar-refractivity contribution < 1.29 is 4.52 Å². The first kappa shape index (κ1) is 11.6. The maximum atomic E-state index is 5.49. The summed E-state index contributed by atoms with van der Waals surface area (Å²) in [5.74, 6) is 1.75. The van der Waals surface area contributed by atoms with Crippen molar-refractivity contribution in [2.24, 2.45) is 0 Å². The molecule has 1 N–H and O–H groups in total. The first-order valence-electron chi connectivity index (χ1n) is 6.23. The molecular formula is C13H22N2O. The molecule has 0 saturated carbocycles. The molecule has 1 unspecified atom stereocenters. The molecule has 1 atom stereocenters. The van der Waals surface area contributed by atoms with Gasteiger partial charge in [0.05, 0.1) is 0 Å². The van der Waals surface area contributed by atoms with Crippen LogP contribution in [0, 0.1) is 0 Å². The maximum Gasteiger partial charge on any atom is 0.143 e. The first-order chi connectivity index (χ1) is 7.51. The number of nitrogens with one attached hydrogen (secondary N) is 1. The van der Waals surface area contributed by atoms with E-state index < -0.39 is 0 Å². The summed E-state index contributed by atoms with van der Waals surface area (Å²) in [6.07, 6.45) is 3.53. The second kappa shape index (κ2) is 4.21. The summed E-state index contributed by atoms with van der Waals surface area (Å²) in [5, 5.41) is 7.67. The summed E-state index contributed by atoms with van der Waals surface area (Å²) >= 11 is 0. The topological polar surface area (TPSA) is 38.1 Å². The second-order valence-electron chi connectivity index (χ2n) is 5.72. The Hall–Kier alpha value is -0.830. The molecule has 3 heteroatoms. The van der Waals surface area contributed by atoms with Crippen molar-refractivity contribution in [3.63, 3.8) is 0 Å². The van der Waals surface area contributed by atoms with Gasteiger partial charge in [-0.25, -0.2) is 0 Å². The van der Waals surface area contributed by atoms with Crippen LogP contribution >= 0.6 is 0 Å². The molecule has 0 spiro atoms. The van der Waals surface area contributed by atoms with Gasteiger partial charge in [-0.15, -0.1) is 0 Å². The number of rotatable bonds is 3. The third kappa shape index (κ3) is 2.29. The van der Waals surface area contributed by atoms with Gasteiger partial charge in [0.15, 0.2) is 0 Å². The molecule has 0 amide bonds. The van der Waals surface area contributed by atoms with Gasteiger partial charge in [-0.3, -0.25) is 0 Å². The van der Waals surface area contributed by atoms with Crippen molar-refractivity contribution >= 4 is 0 Å². The van der Waals surface area contributed by atoms with Crippen LogP contribution in [0.25, 0.3) is 0 Å². The van der Waals surface area contributed by atoms with Crippen LogP contribution in [-0.2, 0) is 13.0 Å². The molecule has 1 aliphatic carbocycles. The van der Waals surface area contributed by atoms with Crippen LogP contribution in [0.1, 0.15) is 63.5 Å². The quantitative estimate of drug-likeness (QED) is 0.854. The van der Waals surface area contributed by atoms with Crippen molar-refractivity contribution in [3.05, 3.63) is 17.0 Å². The Morgan fingerprint density at radius 3 is 2.81 bits per heavy atom. The molecule has 0 aromatic carbocycles. The summed E-state index contributed by atoms with van der Waals surface area (Å²) < 4.78 is 5.49. The van der Waals surface area contributed by atoms with Gasteiger partial charge < -0.3 is 9.84 Å². The number of hydrogen-bond acceptors (Lipinski definition) is 3. The highest BCUT2D eigenvalue weighted by atomic mass is 16.5. The third-order valence-electron chi connectivity index (χ3n) is 3.29. The number of hydrogen-bond donors (Lipinski definition) is 1. The normalized spacial score (nSPS) is 20.1. The lowest BCUT2D eigenvalue weighted by Gasteiger charge is -2.19. The lowest BCUT2D eigenvalue weighted by molar-refractivity contribution is 0.346. The molecule has 90 valence electrons. The summed E-state index contributed by atoms with van der Waals surface area (Å²) in [4.78, 5) is 0. The van der Waals surface area contributed by atoms with Crippen molar-refractivity contribution in [2.75, 3.05) is 0 Å². The van der Waals surface area contributed by atoms with E-state index in [9.17, 15) is 0 Å². The van der Waals surface area contributed by atoms with Crippen LogP contribution < -0.4 is 5.32 Å². The minimum atomic E-state index is 0.134. The Kier molecular flexibility index (Phi) is 3.06. The zero-order chi connectivity index (χ0) is 11.8. The van der Waals surface area contributed by atoms with Crippen LogP contribution in [0.15, 0.2) is 4.52 Å². The summed E-state index contributed by atoms with van der Waals surface area (Å²) in [6, 6.07) is 0. The number of aromatic nitrogens is 1. The van der Waals surface area contributed by atoms with Gasteiger partial charge in [-0.1, -0.05) is 12.1 Å². The third-order valence-corrected chi connectivity index (χ3v) is 3.29. The van der Waals surface area contributed by atoms with E-state index in [0.717, 1.165) is 30.8 Å². The lowest BCUT2D eigenvalue weighted by Crippen LogP contribution is -2.35. The predicted molar refractivity (Wildman–Crippen MR) is 64.4 cm³/mol. The van der Waals surface area contributed by atoms with Gasteiger partial charge in [0, 0.05) is 23.6 Å². The second-order valence-corrected chi connectivity index (χ2v) is 5.72. The highest BCUT2D eigenvalue weighted by molar-refractivity contribution is 5.30. The largest absolute Gasteiger partial charge is 0.361 e. The number of fused-ring (bicyclic) bond motifs is 1. The van der Waals surface area contributed by atoms with E-state index in [2.05, 4.69) is 38.2 Å². The van der Waals surface area contributed by atoms with Gasteiger partial charge >= 0.3 is 0 Å². The molecule has 2 rings (SSSR count). The molecular weight excluding hydrogens is 200 g/mol. The maximum absolute atomic E-state index is 5.49. The van der Waals surface area contributed by atoms with Gasteiger partial charge in [0.2, 0.25) is 0 Å². The zero-order valence-electron chi connectivity index (χ0n) is 10.8. The fourth-order valence-corrected chi connectivity index (χ4v) is 2.27. The van der Waals surface area contributed by atoms with Crippen LogP contribution in [0.4, 0.5) is 0 Å². The average molecular weight is 222 g/mol. The Labute approximate surface area is 97.6 Å². The molecule has 1 aromatic heterocycles. The van der Waals surface area contributed by atoms with E-state index in [1.165, 1.54) is 12.0 Å². The van der Waals surface area contributed by atoms with Gasteiger partial charge in [-0.2, -0.15) is 0 Å². The van der Waals surface area contributed by atoms with Gasteiger partial charge in [-0.05, 0) is 40.0 Å². The van der Waals surface area contributed by atoms with E-state index in [-0.39, 0.29) is 5.54 Å². The molecule has 0 saturated heterocycles. The summed E-state index contributed by atoms with van der Waals surface area (Å²) in [5.41, 5.74) is 2.61. The van der Waals surface area contributed by atoms with Crippen molar-refractivity contribution in [3.8, 4) is 0 Å². The van der Waals surface area contributed by atoms with Crippen LogP contribution in [0.3, 0.4) is 0 Å². The molecule has 3 nitrogen and oxygen atoms in total. The Balaban J connectivity index is 2.08. The van der Waals surface area contributed by atoms with Crippen LogP contribution in [0.5, 0.6) is 0 Å². The lowest BCUT2D eigenvalue weighted by atomic mass is 10.1. The Bertz CT molecular complexity index is 362. The fraction of sp³-hybridized carbons (Fsp3) is 0.769. The SMILES string of the molecule is CCC1CCc2c(CNC(C)(C)C)noc21. The monoisotopic (exact) mass is 222 g/mol. The minimum absolute atomic E-state index is 0.134. The van der Waals surface area contributed by atoms with Crippen molar-refractivity contribution in [1.82, 2.24) is 10.5 Å². The standard InChI is InChI=1S/C13H22N2O/c1-5-9-6-7-10-11(15-16-12(9)10)8-14-13(2,3)4/h9,14H,5-8H2,1-4H3. The predicted octanol–water partition coefficient (Wildman–Crippen LogP) is 3.00. The van der Waals surface area contributed by atoms with Crippen molar-refractivity contribution in [1.29, 1.82) is 0 Å². The molecule has 1 aliphatic rings. The van der Waals surface area contributed by atoms with E-state index in [1.807, 2.05) is 0 Å². The molecule has 16 heavy (non-hydrogen) atoms. The fourth-order valence-electron chi connectivity index (χ4n) is 2.27. The average Bonchev–Trinajstić information content (AvgIpc) is 2.73. The first-order valence-corrected chi connectivity index (χ1v) is 6.23. The molecule has 1 heterocycles. The van der Waals surface area contributed by atoms with E-state index in [1.54, 1.807) is 0 Å². The highest BCUT2D eigenvalue weighted by Gasteiger charge is 2.29. The van der Waals surface area contributed by atoms with Crippen LogP contribution in [0.2, 0.25) is 0 Å². The van der Waals surface area contributed by atoms with E-state index in [0.29, 0.717) is 5.92 Å². The van der Waals surface area contributed by atoms with E-state index in [4.69, 9.17) is 4.52 Å². The van der Waals surface area contributed by atoms with E-state index >= 15 is 0 Å². The van der Waals surface area contributed by atoms with Crippen LogP contribution in [-0.4, -0.2) is 10.7 Å². The van der Waals surface area contributed by atoms with Gasteiger partial charge in [0.1, 0.15) is 11.5 Å². The summed E-state index contributed by atoms with van der Waals surface area (Å²) in [7, 11) is 0. The molecule has 0 aliphatic heterocycles. The molecule has 0 fully saturated rings. The zero-order valence-corrected chi connectivity index (χ0v) is 10.8. The highest BCUT2D eigenvalue weighted by Crippen LogP contribution is 2.37. The van der Waals surface area contributed by atoms with Crippen molar-refractivity contribution in [2.45, 2.75) is 65.0 Å². The minimum Gasteiger partial charge on any atom is -0.361 e. The number of nitrogens with zero attached hydrogens (tertiary/aromatic N) is 1.